The Labute approximate surface area is 158 Å². The molecule has 2 aromatic rings. The molecule has 2 heterocycles. The highest BCUT2D eigenvalue weighted by Crippen LogP contribution is 2.31. The first-order valence-electron chi connectivity index (χ1n) is 9.01. The highest BCUT2D eigenvalue weighted by atomic mass is 19.1. The zero-order valence-corrected chi connectivity index (χ0v) is 15.3. The number of aromatic nitrogens is 1. The molecule has 0 bridgehead atoms. The van der Waals surface area contributed by atoms with Crippen molar-refractivity contribution in [2.45, 2.75) is 19.0 Å². The molecule has 0 saturated carbocycles. The average molecular weight is 373 g/mol. The molecule has 1 aliphatic heterocycles. The molecule has 3 rings (SSSR count). The van der Waals surface area contributed by atoms with Gasteiger partial charge in [-0.1, -0.05) is 6.07 Å². The molecule has 0 amide bonds. The van der Waals surface area contributed by atoms with Gasteiger partial charge in [0.2, 0.25) is 0 Å². The highest BCUT2D eigenvalue weighted by molar-refractivity contribution is 5.76. The highest BCUT2D eigenvalue weighted by Gasteiger charge is 2.31. The first-order chi connectivity index (χ1) is 13.1. The Hall–Kier alpha value is -2.51. The van der Waals surface area contributed by atoms with Crippen molar-refractivity contribution in [1.29, 1.82) is 0 Å². The summed E-state index contributed by atoms with van der Waals surface area (Å²) in [7, 11) is 1.46. The van der Waals surface area contributed by atoms with Crippen LogP contribution in [0.25, 0.3) is 0 Å². The molecule has 144 valence electrons. The van der Waals surface area contributed by atoms with E-state index in [1.807, 2.05) is 23.1 Å². The number of halogens is 1. The number of nitrogens with zero attached hydrogens (tertiary/aromatic N) is 3. The van der Waals surface area contributed by atoms with E-state index in [9.17, 15) is 14.3 Å². The Morgan fingerprint density at radius 3 is 2.81 bits per heavy atom. The fourth-order valence-electron chi connectivity index (χ4n) is 3.53. The fraction of sp³-hybridized carbons (Fsp3) is 0.400. The van der Waals surface area contributed by atoms with Crippen LogP contribution in [-0.2, 0) is 11.3 Å². The topological polar surface area (TPSA) is 65.9 Å². The average Bonchev–Trinajstić information content (AvgIpc) is 2.88. The molecule has 1 atom stereocenters. The maximum Gasteiger partial charge on any atom is 0.325 e. The molecule has 1 aromatic heterocycles. The quantitative estimate of drug-likeness (QED) is 0.840. The lowest BCUT2D eigenvalue weighted by Crippen LogP contribution is -2.37. The number of carbonyl (C=O) groups is 1. The molecule has 7 heteroatoms. The molecule has 6 nitrogen and oxygen atoms in total. The molecule has 1 fully saturated rings. The van der Waals surface area contributed by atoms with Gasteiger partial charge in [-0.3, -0.25) is 19.6 Å². The maximum absolute atomic E-state index is 13.8. The molecule has 0 radical (unpaired) electrons. The van der Waals surface area contributed by atoms with E-state index in [-0.39, 0.29) is 0 Å². The van der Waals surface area contributed by atoms with E-state index in [1.165, 1.54) is 25.3 Å². The Morgan fingerprint density at radius 1 is 1.26 bits per heavy atom. The lowest BCUT2D eigenvalue weighted by molar-refractivity contribution is -0.143. The predicted molar refractivity (Wildman–Crippen MR) is 99.0 cm³/mol. The standard InChI is InChI=1S/C20H24FN3O3/c1-27-18-7-6-15(21)13-17(18)19(20(25)26)24-10-4-9-23(11-12-24)14-16-5-2-3-8-22-16/h2-3,5-8,13,19H,4,9-12,14H2,1H3,(H,25,26)/t19-/m0/s1. The van der Waals surface area contributed by atoms with Gasteiger partial charge in [0.15, 0.2) is 0 Å². The van der Waals surface area contributed by atoms with E-state index >= 15 is 0 Å². The number of hydrogen-bond donors (Lipinski definition) is 1. The van der Waals surface area contributed by atoms with Crippen molar-refractivity contribution in [3.05, 3.63) is 59.7 Å². The van der Waals surface area contributed by atoms with E-state index in [4.69, 9.17) is 4.74 Å². The first-order valence-corrected chi connectivity index (χ1v) is 9.01. The van der Waals surface area contributed by atoms with Gasteiger partial charge in [0.05, 0.1) is 12.8 Å². The Bertz CT molecular complexity index is 772. The van der Waals surface area contributed by atoms with Crippen molar-refractivity contribution >= 4 is 5.97 Å². The zero-order chi connectivity index (χ0) is 19.2. The summed E-state index contributed by atoms with van der Waals surface area (Å²) in [5, 5.41) is 9.84. The molecule has 1 aliphatic rings. The van der Waals surface area contributed by atoms with Crippen molar-refractivity contribution in [2.75, 3.05) is 33.3 Å². The van der Waals surface area contributed by atoms with Crippen LogP contribution < -0.4 is 4.74 Å². The van der Waals surface area contributed by atoms with Crippen molar-refractivity contribution in [3.63, 3.8) is 0 Å². The minimum Gasteiger partial charge on any atom is -0.496 e. The number of carboxylic acids is 1. The first kappa shape index (κ1) is 19.3. The SMILES string of the molecule is COc1ccc(F)cc1[C@@H](C(=O)O)N1CCCN(Cc2ccccn2)CC1. The third-order valence-electron chi connectivity index (χ3n) is 4.82. The number of rotatable bonds is 6. The number of benzene rings is 1. The minimum absolute atomic E-state index is 0.350. The second-order valence-corrected chi connectivity index (χ2v) is 6.61. The van der Waals surface area contributed by atoms with E-state index in [0.717, 1.165) is 31.7 Å². The number of methoxy groups -OCH3 is 1. The van der Waals surface area contributed by atoms with Crippen LogP contribution in [0, 0.1) is 5.82 Å². The summed E-state index contributed by atoms with van der Waals surface area (Å²) in [5.74, 6) is -1.08. The van der Waals surface area contributed by atoms with Crippen molar-refractivity contribution < 1.29 is 19.0 Å². The Morgan fingerprint density at radius 2 is 2.11 bits per heavy atom. The third-order valence-corrected chi connectivity index (χ3v) is 4.82. The molecular formula is C20H24FN3O3. The van der Waals surface area contributed by atoms with Gasteiger partial charge in [0, 0.05) is 37.9 Å². The fourth-order valence-corrected chi connectivity index (χ4v) is 3.53. The second-order valence-electron chi connectivity index (χ2n) is 6.61. The number of aliphatic carboxylic acids is 1. The molecule has 0 unspecified atom stereocenters. The van der Waals surface area contributed by atoms with Crippen LogP contribution in [0.15, 0.2) is 42.6 Å². The largest absolute Gasteiger partial charge is 0.496 e. The Kier molecular flexibility index (Phi) is 6.36. The summed E-state index contributed by atoms with van der Waals surface area (Å²) in [6, 6.07) is 8.91. The van der Waals surface area contributed by atoms with Gasteiger partial charge in [0.25, 0.3) is 0 Å². The van der Waals surface area contributed by atoms with Crippen LogP contribution in [0.5, 0.6) is 5.75 Å². The summed E-state index contributed by atoms with van der Waals surface area (Å²) in [6.45, 7) is 3.51. The molecule has 1 aromatic carbocycles. The maximum atomic E-state index is 13.8. The number of ether oxygens (including phenoxy) is 1. The minimum atomic E-state index is -1.00. The van der Waals surface area contributed by atoms with Crippen LogP contribution in [0.3, 0.4) is 0 Å². The lowest BCUT2D eigenvalue weighted by atomic mass is 10.0. The second kappa shape index (κ2) is 8.92. The summed E-state index contributed by atoms with van der Waals surface area (Å²) in [5.41, 5.74) is 1.34. The molecule has 0 spiro atoms. The van der Waals surface area contributed by atoms with Crippen molar-refractivity contribution in [2.24, 2.45) is 0 Å². The van der Waals surface area contributed by atoms with Gasteiger partial charge in [-0.25, -0.2) is 4.39 Å². The normalized spacial score (nSPS) is 17.3. The van der Waals surface area contributed by atoms with Crippen molar-refractivity contribution in [1.82, 2.24) is 14.8 Å². The lowest BCUT2D eigenvalue weighted by Gasteiger charge is -2.29. The molecule has 0 aliphatic carbocycles. The predicted octanol–water partition coefficient (Wildman–Crippen LogP) is 2.56. The Balaban J connectivity index is 1.76. The van der Waals surface area contributed by atoms with E-state index in [1.54, 1.807) is 6.20 Å². The van der Waals surface area contributed by atoms with E-state index < -0.39 is 17.8 Å². The summed E-state index contributed by atoms with van der Waals surface area (Å²) >= 11 is 0. The molecule has 27 heavy (non-hydrogen) atoms. The van der Waals surface area contributed by atoms with Gasteiger partial charge in [-0.05, 0) is 43.3 Å². The van der Waals surface area contributed by atoms with E-state index in [2.05, 4.69) is 9.88 Å². The van der Waals surface area contributed by atoms with Crippen LogP contribution >= 0.6 is 0 Å². The third kappa shape index (κ3) is 4.81. The summed E-state index contributed by atoms with van der Waals surface area (Å²) < 4.78 is 19.1. The van der Waals surface area contributed by atoms with Gasteiger partial charge < -0.3 is 9.84 Å². The van der Waals surface area contributed by atoms with Crippen LogP contribution in [0.4, 0.5) is 4.39 Å². The van der Waals surface area contributed by atoms with Gasteiger partial charge in [-0.15, -0.1) is 0 Å². The zero-order valence-electron chi connectivity index (χ0n) is 15.3. The van der Waals surface area contributed by atoms with Gasteiger partial charge in [0.1, 0.15) is 17.6 Å². The molecule has 1 saturated heterocycles. The number of hydrogen-bond acceptors (Lipinski definition) is 5. The smallest absolute Gasteiger partial charge is 0.325 e. The number of pyridine rings is 1. The van der Waals surface area contributed by atoms with Crippen LogP contribution in [0.1, 0.15) is 23.7 Å². The van der Waals surface area contributed by atoms with Gasteiger partial charge in [-0.2, -0.15) is 0 Å². The summed E-state index contributed by atoms with van der Waals surface area (Å²) in [4.78, 5) is 20.5. The van der Waals surface area contributed by atoms with E-state index in [0.29, 0.717) is 24.4 Å². The molecule has 1 N–H and O–H groups in total. The summed E-state index contributed by atoms with van der Waals surface area (Å²) in [6.07, 6.45) is 2.60. The van der Waals surface area contributed by atoms with Crippen molar-refractivity contribution in [3.8, 4) is 5.75 Å². The van der Waals surface area contributed by atoms with Gasteiger partial charge >= 0.3 is 5.97 Å². The van der Waals surface area contributed by atoms with Crippen LogP contribution in [-0.4, -0.2) is 59.1 Å². The monoisotopic (exact) mass is 373 g/mol. The molecular weight excluding hydrogens is 349 g/mol. The number of carboxylic acid groups (broad SMARTS) is 1. The van der Waals surface area contributed by atoms with Crippen LogP contribution in [0.2, 0.25) is 0 Å².